The molecule has 6 heterocycles. The summed E-state index contributed by atoms with van der Waals surface area (Å²) in [6, 6.07) is 8.65. The zero-order chi connectivity index (χ0) is 58.9. The van der Waals surface area contributed by atoms with E-state index in [0.717, 1.165) is 51.4 Å². The summed E-state index contributed by atoms with van der Waals surface area (Å²) in [6.07, 6.45) is 9.09. The lowest BCUT2D eigenvalue weighted by atomic mass is 9.79. The zero-order valence-electron chi connectivity index (χ0n) is 49.6. The average molecular weight is 1150 g/mol. The number of hydrogen-bond donors (Lipinski definition) is 12. The first kappa shape index (κ1) is 60.7. The topological polar surface area (TPSA) is 306 Å². The molecule has 8 rings (SSSR count). The maximum absolute atomic E-state index is 13.1. The number of aromatic nitrogens is 6. The molecule has 0 spiro atoms. The van der Waals surface area contributed by atoms with E-state index in [1.54, 1.807) is 12.1 Å². The first-order valence-corrected chi connectivity index (χ1v) is 30.6. The van der Waals surface area contributed by atoms with E-state index in [4.69, 9.17) is 29.9 Å². The van der Waals surface area contributed by atoms with Gasteiger partial charge in [-0.1, -0.05) is 24.3 Å². The van der Waals surface area contributed by atoms with E-state index in [9.17, 15) is 25.9 Å². The maximum atomic E-state index is 13.1. The van der Waals surface area contributed by atoms with Gasteiger partial charge in [0.05, 0.1) is 0 Å². The molecule has 0 aliphatic carbocycles. The predicted octanol–water partition coefficient (Wildman–Crippen LogP) is 9.09. The van der Waals surface area contributed by atoms with Crippen LogP contribution in [0.4, 0.5) is 47.1 Å². The molecule has 0 saturated carbocycles. The molecule has 0 amide bonds. The van der Waals surface area contributed by atoms with Crippen molar-refractivity contribution < 1.29 is 25.9 Å². The Morgan fingerprint density at radius 1 is 0.388 bits per heavy atom. The minimum atomic E-state index is -4.88. The van der Waals surface area contributed by atoms with Gasteiger partial charge >= 0.3 is 0 Å². The third kappa shape index (κ3) is 16.7. The number of piperidine rings is 4. The summed E-state index contributed by atoms with van der Waals surface area (Å²) in [7, 11) is -9.75. The first-order chi connectivity index (χ1) is 36.5. The molecule has 4 aliphatic rings. The van der Waals surface area contributed by atoms with Gasteiger partial charge in [0.15, 0.2) is 0 Å². The second kappa shape index (κ2) is 21.4. The highest BCUT2D eigenvalue weighted by Gasteiger charge is 2.42. The molecule has 22 nitrogen and oxygen atoms in total. The van der Waals surface area contributed by atoms with Gasteiger partial charge in [0.25, 0.3) is 20.2 Å². The lowest BCUT2D eigenvalue weighted by Crippen LogP contribution is -2.60. The average Bonchev–Trinajstić information content (AvgIpc) is 3.21. The molecule has 80 heavy (non-hydrogen) atoms. The van der Waals surface area contributed by atoms with Crippen LogP contribution in [0.1, 0.15) is 173 Å². The normalized spacial score (nSPS) is 22.8. The molecule has 0 atom stereocenters. The summed E-state index contributed by atoms with van der Waals surface area (Å²) in [4.78, 5) is 27.7. The SMILES string of the molecule is CC1(C)CC(Nc2nc(Nc3ccc(/C=C/c4ccc(Nc5nc(NC6CC(C)(C)NC(C)(C)C6)nc(NC6CC(C)(C)NC(C)(C)C6)n5)cc4S(=O)(=O)O)c(S(=O)(=O)O)c3)nc(NC3CC(C)(C)NC(C)(C)C3)n2)CC(C)(C)N1. The van der Waals surface area contributed by atoms with E-state index in [2.05, 4.69) is 164 Å². The molecule has 24 heteroatoms. The Morgan fingerprint density at radius 2 is 0.600 bits per heavy atom. The quantitative estimate of drug-likeness (QED) is 0.0368. The lowest BCUT2D eigenvalue weighted by molar-refractivity contribution is 0.169. The van der Waals surface area contributed by atoms with Crippen LogP contribution in [-0.4, -0.2) is 124 Å². The Morgan fingerprint density at radius 3 is 0.812 bits per heavy atom. The molecular formula is C56H88N16O6S2. The van der Waals surface area contributed by atoms with Crippen LogP contribution >= 0.6 is 0 Å². The number of benzene rings is 2. The van der Waals surface area contributed by atoms with E-state index in [-0.39, 0.29) is 103 Å². The smallest absolute Gasteiger partial charge is 0.295 e. The Balaban J connectivity index is 1.07. The minimum Gasteiger partial charge on any atom is -0.351 e. The number of nitrogens with zero attached hydrogens (tertiary/aromatic N) is 6. The molecule has 440 valence electrons. The van der Waals surface area contributed by atoms with Gasteiger partial charge in [0.1, 0.15) is 9.79 Å². The van der Waals surface area contributed by atoms with Crippen LogP contribution in [0.3, 0.4) is 0 Å². The van der Waals surface area contributed by atoms with Crippen LogP contribution in [0.15, 0.2) is 46.2 Å². The van der Waals surface area contributed by atoms with Gasteiger partial charge in [0, 0.05) is 79.9 Å². The number of anilines is 8. The highest BCUT2D eigenvalue weighted by atomic mass is 32.2. The molecule has 2 aromatic carbocycles. The zero-order valence-corrected chi connectivity index (χ0v) is 51.2. The maximum Gasteiger partial charge on any atom is 0.295 e. The largest absolute Gasteiger partial charge is 0.351 e. The van der Waals surface area contributed by atoms with Crippen LogP contribution in [0, 0.1) is 0 Å². The minimum absolute atomic E-state index is 0.0182. The van der Waals surface area contributed by atoms with Crippen LogP contribution in [-0.2, 0) is 20.2 Å². The second-order valence-electron chi connectivity index (χ2n) is 28.2. The molecule has 4 aromatic rings. The van der Waals surface area contributed by atoms with Crippen molar-refractivity contribution in [2.24, 2.45) is 0 Å². The summed E-state index contributed by atoms with van der Waals surface area (Å²) >= 11 is 0. The Kier molecular flexibility index (Phi) is 16.3. The highest BCUT2D eigenvalue weighted by molar-refractivity contribution is 7.86. The van der Waals surface area contributed by atoms with Gasteiger partial charge in [0.2, 0.25) is 35.7 Å². The summed E-state index contributed by atoms with van der Waals surface area (Å²) in [5.74, 6) is 1.59. The van der Waals surface area contributed by atoms with Crippen molar-refractivity contribution in [2.75, 3.05) is 31.9 Å². The van der Waals surface area contributed by atoms with E-state index < -0.39 is 30.0 Å². The number of hydrogen-bond acceptors (Lipinski definition) is 20. The molecule has 2 aromatic heterocycles. The summed E-state index contributed by atoms with van der Waals surface area (Å²) in [6.45, 7) is 34.6. The van der Waals surface area contributed by atoms with E-state index in [1.807, 2.05) is 0 Å². The monoisotopic (exact) mass is 1140 g/mol. The van der Waals surface area contributed by atoms with Crippen LogP contribution in [0.25, 0.3) is 12.2 Å². The summed E-state index contributed by atoms with van der Waals surface area (Å²) in [5, 5.41) is 35.3. The third-order valence-corrected chi connectivity index (χ3v) is 16.7. The molecule has 4 saturated heterocycles. The highest BCUT2D eigenvalue weighted by Crippen LogP contribution is 2.36. The van der Waals surface area contributed by atoms with Gasteiger partial charge in [-0.05, 0) is 198 Å². The number of nitrogens with one attached hydrogen (secondary N) is 10. The van der Waals surface area contributed by atoms with E-state index in [0.29, 0.717) is 23.8 Å². The fourth-order valence-corrected chi connectivity index (χ4v) is 15.4. The Bertz CT molecular complexity index is 2820. The van der Waals surface area contributed by atoms with Gasteiger partial charge < -0.3 is 53.2 Å². The molecule has 4 fully saturated rings. The Hall–Kier alpha value is -5.34. The van der Waals surface area contributed by atoms with Crippen molar-refractivity contribution in [1.29, 1.82) is 0 Å². The molecule has 0 radical (unpaired) electrons. The third-order valence-electron chi connectivity index (χ3n) is 14.9. The van der Waals surface area contributed by atoms with Crippen molar-refractivity contribution in [3.63, 3.8) is 0 Å². The fourth-order valence-electron chi connectivity index (χ4n) is 13.9. The summed E-state index contributed by atoms with van der Waals surface area (Å²) in [5.41, 5.74) is -0.764. The van der Waals surface area contributed by atoms with Crippen LogP contribution in [0.2, 0.25) is 0 Å². The van der Waals surface area contributed by atoms with E-state index in [1.165, 1.54) is 36.4 Å². The molecule has 4 aliphatic heterocycles. The second-order valence-corrected chi connectivity index (χ2v) is 31.0. The molecule has 0 bridgehead atoms. The summed E-state index contributed by atoms with van der Waals surface area (Å²) < 4.78 is 73.7. The van der Waals surface area contributed by atoms with Crippen molar-refractivity contribution >= 4 is 79.5 Å². The van der Waals surface area contributed by atoms with Gasteiger partial charge in [-0.25, -0.2) is 0 Å². The van der Waals surface area contributed by atoms with Gasteiger partial charge in [-0.3, -0.25) is 9.11 Å². The molecule has 12 N–H and O–H groups in total. The molecular weight excluding hydrogens is 1060 g/mol. The van der Waals surface area contributed by atoms with Crippen molar-refractivity contribution in [2.45, 2.75) is 240 Å². The van der Waals surface area contributed by atoms with Crippen LogP contribution in [0.5, 0.6) is 0 Å². The van der Waals surface area contributed by atoms with Crippen molar-refractivity contribution in [3.05, 3.63) is 47.5 Å². The fraction of sp³-hybridized carbons (Fsp3) is 0.643. The Labute approximate surface area is 474 Å². The standard InChI is InChI=1S/C56H88N16O6S2/c1-49(2)25-37(26-50(3,4)69-49)59-45-63-43(64-46(67-45)60-38-27-51(5,6)70-52(7,8)28-38)57-35-21-19-33(41(23-35)79(73,74)75)17-18-34-20-22-36(24-42(34)80(76,77)78)58-44-65-47(61-39-29-53(9,10)71-54(11,12)30-39)68-48(66-44)62-40-31-55(13,14)72-56(15,16)32-40/h17-24,37-40,69-72H,25-32H2,1-16H3,(H,73,74,75)(H,76,77,78)(H3,57,59,60,63,64,67)(H3,58,61,62,65,66,68)/b18-17+. The molecule has 0 unspecified atom stereocenters. The van der Waals surface area contributed by atoms with Crippen molar-refractivity contribution in [1.82, 2.24) is 51.2 Å². The van der Waals surface area contributed by atoms with Gasteiger partial charge in [-0.2, -0.15) is 46.7 Å². The van der Waals surface area contributed by atoms with Gasteiger partial charge in [-0.15, -0.1) is 0 Å². The lowest BCUT2D eigenvalue weighted by Gasteiger charge is -2.47. The van der Waals surface area contributed by atoms with Crippen LogP contribution < -0.4 is 53.2 Å². The predicted molar refractivity (Wildman–Crippen MR) is 319 cm³/mol. The first-order valence-electron chi connectivity index (χ1n) is 27.8. The van der Waals surface area contributed by atoms with Crippen molar-refractivity contribution in [3.8, 4) is 0 Å². The van der Waals surface area contributed by atoms with E-state index >= 15 is 0 Å². The number of rotatable bonds is 16.